The number of nitrogens with one attached hydrogen (secondary N) is 1. The van der Waals surface area contributed by atoms with E-state index in [4.69, 9.17) is 4.74 Å². The molecular weight excluding hydrogens is 221 g/mol. The van der Waals surface area contributed by atoms with Gasteiger partial charge < -0.3 is 10.1 Å². The van der Waals surface area contributed by atoms with Gasteiger partial charge in [-0.15, -0.1) is 6.58 Å². The second kappa shape index (κ2) is 6.03. The van der Waals surface area contributed by atoms with Crippen LogP contribution in [0.2, 0.25) is 0 Å². The topological polar surface area (TPSA) is 38.3 Å². The summed E-state index contributed by atoms with van der Waals surface area (Å²) < 4.78 is 18.9. The van der Waals surface area contributed by atoms with Crippen LogP contribution in [0.1, 0.15) is 12.5 Å². The Labute approximate surface area is 100 Å². The number of rotatable bonds is 5. The van der Waals surface area contributed by atoms with Crippen molar-refractivity contribution >= 4 is 5.91 Å². The van der Waals surface area contributed by atoms with Gasteiger partial charge in [-0.05, 0) is 25.5 Å². The number of carbonyl (C=O) groups is 1. The fourth-order valence-corrected chi connectivity index (χ4v) is 1.27. The molecule has 0 spiro atoms. The van der Waals surface area contributed by atoms with Crippen molar-refractivity contribution in [2.24, 2.45) is 0 Å². The SMILES string of the molecule is C=CCNC(=O)C(C)Oc1cccc(C)c1F. The van der Waals surface area contributed by atoms with Gasteiger partial charge in [-0.3, -0.25) is 4.79 Å². The molecule has 0 aliphatic rings. The summed E-state index contributed by atoms with van der Waals surface area (Å²) in [7, 11) is 0. The lowest BCUT2D eigenvalue weighted by molar-refractivity contribution is -0.127. The Hall–Kier alpha value is -1.84. The smallest absolute Gasteiger partial charge is 0.261 e. The molecule has 17 heavy (non-hydrogen) atoms. The Morgan fingerprint density at radius 1 is 1.65 bits per heavy atom. The molecule has 1 amide bonds. The van der Waals surface area contributed by atoms with Gasteiger partial charge in [0.2, 0.25) is 0 Å². The average Bonchev–Trinajstić information content (AvgIpc) is 2.31. The third-order valence-electron chi connectivity index (χ3n) is 2.25. The van der Waals surface area contributed by atoms with Gasteiger partial charge in [-0.1, -0.05) is 18.2 Å². The Bertz CT molecular complexity index is 418. The summed E-state index contributed by atoms with van der Waals surface area (Å²) in [5.74, 6) is -0.645. The van der Waals surface area contributed by atoms with Crippen molar-refractivity contribution in [1.82, 2.24) is 5.32 Å². The third-order valence-corrected chi connectivity index (χ3v) is 2.25. The van der Waals surface area contributed by atoms with E-state index in [0.717, 1.165) is 0 Å². The van der Waals surface area contributed by atoms with Crippen LogP contribution in [0.25, 0.3) is 0 Å². The summed E-state index contributed by atoms with van der Waals surface area (Å²) in [5.41, 5.74) is 0.487. The molecule has 1 N–H and O–H groups in total. The molecule has 0 saturated heterocycles. The van der Waals surface area contributed by atoms with Crippen LogP contribution in [0.15, 0.2) is 30.9 Å². The quantitative estimate of drug-likeness (QED) is 0.797. The molecule has 1 rings (SSSR count). The standard InChI is InChI=1S/C13H16FNO2/c1-4-8-15-13(16)10(3)17-11-7-5-6-9(2)12(11)14/h4-7,10H,1,8H2,2-3H3,(H,15,16). The first-order valence-corrected chi connectivity index (χ1v) is 5.36. The van der Waals surface area contributed by atoms with E-state index >= 15 is 0 Å². The number of amides is 1. The average molecular weight is 237 g/mol. The first kappa shape index (κ1) is 13.2. The van der Waals surface area contributed by atoms with Crippen molar-refractivity contribution in [2.45, 2.75) is 20.0 Å². The number of ether oxygens (including phenoxy) is 1. The molecule has 0 saturated carbocycles. The zero-order valence-corrected chi connectivity index (χ0v) is 10.00. The Balaban J connectivity index is 2.67. The maximum atomic E-state index is 13.6. The number of benzene rings is 1. The second-order valence-corrected chi connectivity index (χ2v) is 3.68. The monoisotopic (exact) mass is 237 g/mol. The molecule has 0 bridgehead atoms. The molecule has 1 aromatic carbocycles. The van der Waals surface area contributed by atoms with Gasteiger partial charge in [0.15, 0.2) is 17.7 Å². The Morgan fingerprint density at radius 3 is 3.00 bits per heavy atom. The van der Waals surface area contributed by atoms with Gasteiger partial charge in [0.05, 0.1) is 0 Å². The Morgan fingerprint density at radius 2 is 2.35 bits per heavy atom. The highest BCUT2D eigenvalue weighted by Gasteiger charge is 2.16. The molecule has 0 aromatic heterocycles. The van der Waals surface area contributed by atoms with Crippen LogP contribution < -0.4 is 10.1 Å². The summed E-state index contributed by atoms with van der Waals surface area (Å²) in [5, 5.41) is 2.58. The van der Waals surface area contributed by atoms with Gasteiger partial charge in [-0.2, -0.15) is 0 Å². The van der Waals surface area contributed by atoms with E-state index in [1.54, 1.807) is 32.1 Å². The lowest BCUT2D eigenvalue weighted by Crippen LogP contribution is -2.36. The fraction of sp³-hybridized carbons (Fsp3) is 0.308. The van der Waals surface area contributed by atoms with E-state index in [1.807, 2.05) is 0 Å². The molecule has 0 aliphatic heterocycles. The van der Waals surface area contributed by atoms with E-state index in [9.17, 15) is 9.18 Å². The number of aryl methyl sites for hydroxylation is 1. The number of hydrogen-bond acceptors (Lipinski definition) is 2. The summed E-state index contributed by atoms with van der Waals surface area (Å²) >= 11 is 0. The molecule has 0 aliphatic carbocycles. The van der Waals surface area contributed by atoms with Crippen LogP contribution in [0, 0.1) is 12.7 Å². The van der Waals surface area contributed by atoms with Crippen molar-refractivity contribution in [3.8, 4) is 5.75 Å². The molecule has 92 valence electrons. The summed E-state index contributed by atoms with van der Waals surface area (Å²) in [6, 6.07) is 4.83. The largest absolute Gasteiger partial charge is 0.478 e. The molecule has 3 nitrogen and oxygen atoms in total. The predicted octanol–water partition coefficient (Wildman–Crippen LogP) is 2.20. The van der Waals surface area contributed by atoms with Crippen LogP contribution >= 0.6 is 0 Å². The lowest BCUT2D eigenvalue weighted by atomic mass is 10.2. The molecule has 1 unspecified atom stereocenters. The van der Waals surface area contributed by atoms with Gasteiger partial charge in [0.25, 0.3) is 5.91 Å². The normalized spacial score (nSPS) is 11.7. The van der Waals surface area contributed by atoms with Crippen LogP contribution in [0.4, 0.5) is 4.39 Å². The summed E-state index contributed by atoms with van der Waals surface area (Å²) in [6.07, 6.45) is 0.823. The number of hydrogen-bond donors (Lipinski definition) is 1. The molecule has 0 radical (unpaired) electrons. The zero-order chi connectivity index (χ0) is 12.8. The second-order valence-electron chi connectivity index (χ2n) is 3.68. The maximum Gasteiger partial charge on any atom is 0.261 e. The van der Waals surface area contributed by atoms with Crippen molar-refractivity contribution in [1.29, 1.82) is 0 Å². The van der Waals surface area contributed by atoms with Crippen LogP contribution in [0.5, 0.6) is 5.75 Å². The maximum absolute atomic E-state index is 13.6. The first-order chi connectivity index (χ1) is 8.06. The Kier molecular flexibility index (Phi) is 4.69. The molecule has 1 atom stereocenters. The van der Waals surface area contributed by atoms with Gasteiger partial charge >= 0.3 is 0 Å². The van der Waals surface area contributed by atoms with Gasteiger partial charge in [0.1, 0.15) is 0 Å². The zero-order valence-electron chi connectivity index (χ0n) is 10.00. The van der Waals surface area contributed by atoms with E-state index in [2.05, 4.69) is 11.9 Å². The van der Waals surface area contributed by atoms with Gasteiger partial charge in [-0.25, -0.2) is 4.39 Å². The lowest BCUT2D eigenvalue weighted by Gasteiger charge is -2.15. The van der Waals surface area contributed by atoms with Crippen LogP contribution in [-0.2, 0) is 4.79 Å². The third kappa shape index (κ3) is 3.59. The molecule has 4 heteroatoms. The van der Waals surface area contributed by atoms with E-state index in [0.29, 0.717) is 12.1 Å². The predicted molar refractivity (Wildman–Crippen MR) is 64.4 cm³/mol. The molecule has 1 aromatic rings. The van der Waals surface area contributed by atoms with Crippen LogP contribution in [-0.4, -0.2) is 18.6 Å². The number of carbonyl (C=O) groups excluding carboxylic acids is 1. The minimum Gasteiger partial charge on any atom is -0.478 e. The fourth-order valence-electron chi connectivity index (χ4n) is 1.27. The first-order valence-electron chi connectivity index (χ1n) is 5.36. The van der Waals surface area contributed by atoms with Crippen molar-refractivity contribution in [3.63, 3.8) is 0 Å². The van der Waals surface area contributed by atoms with Crippen molar-refractivity contribution in [2.75, 3.05) is 6.54 Å². The minimum absolute atomic E-state index is 0.0891. The van der Waals surface area contributed by atoms with Crippen molar-refractivity contribution in [3.05, 3.63) is 42.2 Å². The van der Waals surface area contributed by atoms with Gasteiger partial charge in [0, 0.05) is 6.54 Å². The molecular formula is C13H16FNO2. The van der Waals surface area contributed by atoms with E-state index in [1.165, 1.54) is 6.07 Å². The summed E-state index contributed by atoms with van der Waals surface area (Å²) in [6.45, 7) is 7.06. The molecule has 0 fully saturated rings. The minimum atomic E-state index is -0.744. The summed E-state index contributed by atoms with van der Waals surface area (Å²) in [4.78, 5) is 11.5. The number of halogens is 1. The highest BCUT2D eigenvalue weighted by atomic mass is 19.1. The highest BCUT2D eigenvalue weighted by Crippen LogP contribution is 2.20. The molecule has 0 heterocycles. The van der Waals surface area contributed by atoms with E-state index in [-0.39, 0.29) is 11.7 Å². The highest BCUT2D eigenvalue weighted by molar-refractivity contribution is 5.80. The van der Waals surface area contributed by atoms with E-state index < -0.39 is 11.9 Å². The van der Waals surface area contributed by atoms with Crippen LogP contribution in [0.3, 0.4) is 0 Å². The van der Waals surface area contributed by atoms with Crippen molar-refractivity contribution < 1.29 is 13.9 Å².